The van der Waals surface area contributed by atoms with E-state index in [1.165, 1.54) is 12.1 Å². The smallest absolute Gasteiger partial charge is 0.123 e. The number of hydrogen-bond donors (Lipinski definition) is 1. The van der Waals surface area contributed by atoms with Gasteiger partial charge >= 0.3 is 0 Å². The fraction of sp³-hybridized carbons (Fsp3) is 0.100. The number of halogens is 1. The standard InChI is InChI=1S/C10H9FN2/c1-12-5-7-6-13-10-3-2-8(11)4-9(7)10/h2-4,6,13H,1,5H2. The van der Waals surface area contributed by atoms with Crippen LogP contribution < -0.4 is 0 Å². The highest BCUT2D eigenvalue weighted by molar-refractivity contribution is 5.83. The summed E-state index contributed by atoms with van der Waals surface area (Å²) < 4.78 is 12.9. The van der Waals surface area contributed by atoms with Crippen LogP contribution in [0.3, 0.4) is 0 Å². The molecule has 66 valence electrons. The molecule has 0 spiro atoms. The van der Waals surface area contributed by atoms with Crippen molar-refractivity contribution in [2.75, 3.05) is 0 Å². The van der Waals surface area contributed by atoms with Crippen molar-refractivity contribution >= 4 is 17.6 Å². The van der Waals surface area contributed by atoms with Gasteiger partial charge in [-0.15, -0.1) is 0 Å². The molecule has 0 aliphatic heterocycles. The highest BCUT2D eigenvalue weighted by Crippen LogP contribution is 2.19. The summed E-state index contributed by atoms with van der Waals surface area (Å²) in [6.45, 7) is 3.92. The van der Waals surface area contributed by atoms with E-state index in [1.54, 1.807) is 6.07 Å². The van der Waals surface area contributed by atoms with Gasteiger partial charge in [-0.05, 0) is 30.5 Å². The maximum atomic E-state index is 12.9. The molecule has 0 saturated heterocycles. The lowest BCUT2D eigenvalue weighted by Gasteiger charge is -1.93. The number of nitrogens with one attached hydrogen (secondary N) is 1. The number of H-pyrrole nitrogens is 1. The summed E-state index contributed by atoms with van der Waals surface area (Å²) in [6, 6.07) is 4.66. The normalized spacial score (nSPS) is 10.5. The third-order valence-corrected chi connectivity index (χ3v) is 2.01. The number of rotatable bonds is 2. The summed E-state index contributed by atoms with van der Waals surface area (Å²) in [6.07, 6.45) is 1.83. The molecule has 1 heterocycles. The molecular weight excluding hydrogens is 167 g/mol. The third kappa shape index (κ3) is 1.33. The fourth-order valence-electron chi connectivity index (χ4n) is 1.40. The predicted octanol–water partition coefficient (Wildman–Crippen LogP) is 2.51. The lowest BCUT2D eigenvalue weighted by Crippen LogP contribution is -1.78. The van der Waals surface area contributed by atoms with Gasteiger partial charge in [-0.25, -0.2) is 4.39 Å². The van der Waals surface area contributed by atoms with Crippen molar-refractivity contribution in [1.29, 1.82) is 0 Å². The lowest BCUT2D eigenvalue weighted by molar-refractivity contribution is 0.629. The van der Waals surface area contributed by atoms with E-state index in [4.69, 9.17) is 0 Å². The van der Waals surface area contributed by atoms with Crippen molar-refractivity contribution in [3.05, 3.63) is 35.8 Å². The maximum absolute atomic E-state index is 12.9. The topological polar surface area (TPSA) is 28.1 Å². The van der Waals surface area contributed by atoms with Gasteiger partial charge in [0.2, 0.25) is 0 Å². The van der Waals surface area contributed by atoms with Crippen LogP contribution in [0.4, 0.5) is 4.39 Å². The number of benzene rings is 1. The van der Waals surface area contributed by atoms with Crippen LogP contribution in [-0.2, 0) is 6.54 Å². The number of aromatic nitrogens is 1. The van der Waals surface area contributed by atoms with Gasteiger partial charge in [0.1, 0.15) is 5.82 Å². The Bertz CT molecular complexity index is 445. The lowest BCUT2D eigenvalue weighted by atomic mass is 10.2. The second kappa shape index (κ2) is 3.01. The third-order valence-electron chi connectivity index (χ3n) is 2.01. The van der Waals surface area contributed by atoms with Gasteiger partial charge in [0, 0.05) is 17.1 Å². The zero-order valence-electron chi connectivity index (χ0n) is 7.05. The van der Waals surface area contributed by atoms with Gasteiger partial charge in [0.05, 0.1) is 6.54 Å². The molecule has 0 unspecified atom stereocenters. The predicted molar refractivity (Wildman–Crippen MR) is 51.5 cm³/mol. The number of fused-ring (bicyclic) bond motifs is 1. The van der Waals surface area contributed by atoms with E-state index in [0.717, 1.165) is 16.5 Å². The number of hydrogen-bond acceptors (Lipinski definition) is 1. The van der Waals surface area contributed by atoms with Crippen molar-refractivity contribution < 1.29 is 4.39 Å². The Kier molecular flexibility index (Phi) is 1.85. The molecule has 0 saturated carbocycles. The summed E-state index contributed by atoms with van der Waals surface area (Å²) in [7, 11) is 0. The first-order valence-corrected chi connectivity index (χ1v) is 3.99. The molecule has 0 bridgehead atoms. The molecule has 0 aliphatic carbocycles. The van der Waals surface area contributed by atoms with E-state index in [9.17, 15) is 4.39 Å². The molecular formula is C10H9FN2. The molecule has 1 aromatic heterocycles. The molecule has 1 aromatic carbocycles. The molecule has 0 radical (unpaired) electrons. The van der Waals surface area contributed by atoms with E-state index in [0.29, 0.717) is 6.54 Å². The number of nitrogens with zero attached hydrogens (tertiary/aromatic N) is 1. The maximum Gasteiger partial charge on any atom is 0.123 e. The van der Waals surface area contributed by atoms with Gasteiger partial charge in [-0.1, -0.05) is 0 Å². The molecule has 2 rings (SSSR count). The highest BCUT2D eigenvalue weighted by atomic mass is 19.1. The SMILES string of the molecule is C=NCc1c[nH]c2ccc(F)cc12. The summed E-state index contributed by atoms with van der Waals surface area (Å²) in [5.41, 5.74) is 1.91. The van der Waals surface area contributed by atoms with Crippen LogP contribution in [-0.4, -0.2) is 11.7 Å². The Morgan fingerprint density at radius 3 is 3.08 bits per heavy atom. The summed E-state index contributed by atoms with van der Waals surface area (Å²) in [4.78, 5) is 6.81. The molecule has 1 N–H and O–H groups in total. The van der Waals surface area contributed by atoms with E-state index in [1.807, 2.05) is 6.20 Å². The minimum absolute atomic E-state index is 0.225. The Morgan fingerprint density at radius 2 is 2.31 bits per heavy atom. The number of aromatic amines is 1. The Balaban J connectivity index is 2.64. The Morgan fingerprint density at radius 1 is 1.46 bits per heavy atom. The molecule has 0 amide bonds. The zero-order chi connectivity index (χ0) is 9.26. The highest BCUT2D eigenvalue weighted by Gasteiger charge is 2.02. The molecule has 13 heavy (non-hydrogen) atoms. The molecule has 0 aliphatic rings. The average Bonchev–Trinajstić information content (AvgIpc) is 2.49. The summed E-state index contributed by atoms with van der Waals surface area (Å²) in [5.74, 6) is -0.225. The Labute approximate surface area is 75.1 Å². The van der Waals surface area contributed by atoms with Crippen LogP contribution in [0.2, 0.25) is 0 Å². The van der Waals surface area contributed by atoms with Crippen molar-refractivity contribution in [3.8, 4) is 0 Å². The van der Waals surface area contributed by atoms with Crippen LogP contribution in [0.15, 0.2) is 29.4 Å². The van der Waals surface area contributed by atoms with Crippen molar-refractivity contribution in [2.24, 2.45) is 4.99 Å². The molecule has 2 nitrogen and oxygen atoms in total. The fourth-order valence-corrected chi connectivity index (χ4v) is 1.40. The zero-order valence-corrected chi connectivity index (χ0v) is 7.05. The van der Waals surface area contributed by atoms with E-state index < -0.39 is 0 Å². The first-order valence-electron chi connectivity index (χ1n) is 3.99. The number of aliphatic imine (C=N–C) groups is 1. The van der Waals surface area contributed by atoms with Crippen LogP contribution in [0.5, 0.6) is 0 Å². The van der Waals surface area contributed by atoms with Crippen LogP contribution >= 0.6 is 0 Å². The van der Waals surface area contributed by atoms with Crippen molar-refractivity contribution in [3.63, 3.8) is 0 Å². The summed E-state index contributed by atoms with van der Waals surface area (Å²) in [5, 5.41) is 0.882. The average molecular weight is 176 g/mol. The van der Waals surface area contributed by atoms with Crippen molar-refractivity contribution in [1.82, 2.24) is 4.98 Å². The van der Waals surface area contributed by atoms with Gasteiger partial charge < -0.3 is 4.98 Å². The molecule has 0 atom stereocenters. The van der Waals surface area contributed by atoms with E-state index in [2.05, 4.69) is 16.7 Å². The monoisotopic (exact) mass is 176 g/mol. The van der Waals surface area contributed by atoms with Gasteiger partial charge in [0.15, 0.2) is 0 Å². The van der Waals surface area contributed by atoms with E-state index >= 15 is 0 Å². The van der Waals surface area contributed by atoms with Gasteiger partial charge in [0.25, 0.3) is 0 Å². The minimum atomic E-state index is -0.225. The summed E-state index contributed by atoms with van der Waals surface area (Å²) >= 11 is 0. The van der Waals surface area contributed by atoms with Crippen LogP contribution in [0.1, 0.15) is 5.56 Å². The molecule has 3 heteroatoms. The van der Waals surface area contributed by atoms with Gasteiger partial charge in [-0.2, -0.15) is 0 Å². The quantitative estimate of drug-likeness (QED) is 0.681. The van der Waals surface area contributed by atoms with Crippen LogP contribution in [0.25, 0.3) is 10.9 Å². The first-order chi connectivity index (χ1) is 6.31. The Hall–Kier alpha value is -1.64. The molecule has 2 aromatic rings. The van der Waals surface area contributed by atoms with Crippen LogP contribution in [0, 0.1) is 5.82 Å². The minimum Gasteiger partial charge on any atom is -0.361 e. The second-order valence-electron chi connectivity index (χ2n) is 2.89. The van der Waals surface area contributed by atoms with Gasteiger partial charge in [-0.3, -0.25) is 4.99 Å². The van der Waals surface area contributed by atoms with E-state index in [-0.39, 0.29) is 5.82 Å². The first kappa shape index (κ1) is 7.98. The second-order valence-corrected chi connectivity index (χ2v) is 2.89. The van der Waals surface area contributed by atoms with Crippen molar-refractivity contribution in [2.45, 2.75) is 6.54 Å². The molecule has 0 fully saturated rings. The largest absolute Gasteiger partial charge is 0.361 e.